The molecule has 0 amide bonds. The van der Waals surface area contributed by atoms with Gasteiger partial charge in [0.25, 0.3) is 0 Å². The lowest BCUT2D eigenvalue weighted by Gasteiger charge is -2.13. The van der Waals surface area contributed by atoms with E-state index in [1.165, 1.54) is 6.07 Å². The molecule has 3 nitrogen and oxygen atoms in total. The van der Waals surface area contributed by atoms with Gasteiger partial charge in [0, 0.05) is 10.6 Å². The molecule has 0 N–H and O–H groups in total. The minimum absolute atomic E-state index is 0.283. The zero-order chi connectivity index (χ0) is 19.7. The standard InChI is InChI=1S/C23H20ClFN2O/c1-15-10-11-16(2)22(12-15)28-14-23-26-20-8-3-4-9-21(20)27(23)13-17-18(24)6-5-7-19(17)25/h3-12H,13-14H2,1-2H3. The van der Waals surface area contributed by atoms with E-state index in [0.29, 0.717) is 10.6 Å². The van der Waals surface area contributed by atoms with Crippen LogP contribution in [0.25, 0.3) is 11.0 Å². The van der Waals surface area contributed by atoms with Crippen LogP contribution >= 0.6 is 11.6 Å². The molecule has 0 saturated heterocycles. The van der Waals surface area contributed by atoms with E-state index in [0.717, 1.165) is 33.7 Å². The van der Waals surface area contributed by atoms with Crippen LogP contribution in [0.3, 0.4) is 0 Å². The molecule has 0 bridgehead atoms. The van der Waals surface area contributed by atoms with Gasteiger partial charge in [0.15, 0.2) is 0 Å². The first-order valence-corrected chi connectivity index (χ1v) is 9.48. The third-order valence-corrected chi connectivity index (χ3v) is 5.17. The highest BCUT2D eigenvalue weighted by atomic mass is 35.5. The Kier molecular flexibility index (Phi) is 5.05. The number of halogens is 2. The Morgan fingerprint density at radius 2 is 1.86 bits per heavy atom. The molecular formula is C23H20ClFN2O. The molecule has 4 aromatic rings. The van der Waals surface area contributed by atoms with E-state index in [1.807, 2.05) is 54.8 Å². The molecule has 0 saturated carbocycles. The van der Waals surface area contributed by atoms with Gasteiger partial charge in [-0.1, -0.05) is 41.9 Å². The molecule has 0 atom stereocenters. The molecule has 3 aromatic carbocycles. The Morgan fingerprint density at radius 1 is 1.04 bits per heavy atom. The topological polar surface area (TPSA) is 27.1 Å². The van der Waals surface area contributed by atoms with E-state index < -0.39 is 0 Å². The molecule has 0 aliphatic heterocycles. The van der Waals surface area contributed by atoms with Crippen LogP contribution < -0.4 is 4.74 Å². The van der Waals surface area contributed by atoms with Crippen LogP contribution in [-0.2, 0) is 13.2 Å². The van der Waals surface area contributed by atoms with Crippen LogP contribution in [0.5, 0.6) is 5.75 Å². The summed E-state index contributed by atoms with van der Waals surface area (Å²) in [6.45, 7) is 4.61. The Bertz CT molecular complexity index is 1130. The summed E-state index contributed by atoms with van der Waals surface area (Å²) in [5, 5.41) is 0.402. The highest BCUT2D eigenvalue weighted by Crippen LogP contribution is 2.25. The van der Waals surface area contributed by atoms with Crippen molar-refractivity contribution in [2.45, 2.75) is 27.0 Å². The second-order valence-corrected chi connectivity index (χ2v) is 7.27. The predicted octanol–water partition coefficient (Wildman–Crippen LogP) is 6.07. The van der Waals surface area contributed by atoms with E-state index in [1.54, 1.807) is 12.1 Å². The Balaban J connectivity index is 1.72. The van der Waals surface area contributed by atoms with Crippen LogP contribution in [0.4, 0.5) is 4.39 Å². The quantitative estimate of drug-likeness (QED) is 0.410. The number of aromatic nitrogens is 2. The van der Waals surface area contributed by atoms with Gasteiger partial charge in [-0.25, -0.2) is 9.37 Å². The number of rotatable bonds is 5. The molecule has 142 valence electrons. The van der Waals surface area contributed by atoms with Gasteiger partial charge >= 0.3 is 0 Å². The fraction of sp³-hybridized carbons (Fsp3) is 0.174. The first-order valence-electron chi connectivity index (χ1n) is 9.10. The van der Waals surface area contributed by atoms with Gasteiger partial charge in [-0.15, -0.1) is 0 Å². The summed E-state index contributed by atoms with van der Waals surface area (Å²) in [4.78, 5) is 4.71. The van der Waals surface area contributed by atoms with Gasteiger partial charge in [-0.2, -0.15) is 0 Å². The largest absolute Gasteiger partial charge is 0.485 e. The lowest BCUT2D eigenvalue weighted by molar-refractivity contribution is 0.289. The summed E-state index contributed by atoms with van der Waals surface area (Å²) in [5.74, 6) is 1.22. The van der Waals surface area contributed by atoms with Crippen LogP contribution in [0.2, 0.25) is 5.02 Å². The fourth-order valence-electron chi connectivity index (χ4n) is 3.26. The minimum Gasteiger partial charge on any atom is -0.485 e. The van der Waals surface area contributed by atoms with Crippen molar-refractivity contribution in [3.8, 4) is 5.75 Å². The maximum atomic E-state index is 14.4. The van der Waals surface area contributed by atoms with Gasteiger partial charge in [-0.05, 0) is 55.3 Å². The second kappa shape index (κ2) is 7.64. The maximum absolute atomic E-state index is 14.4. The Labute approximate surface area is 168 Å². The van der Waals surface area contributed by atoms with Gasteiger partial charge in [0.05, 0.1) is 17.6 Å². The van der Waals surface area contributed by atoms with Crippen molar-refractivity contribution >= 4 is 22.6 Å². The van der Waals surface area contributed by atoms with Crippen LogP contribution in [0.15, 0.2) is 60.7 Å². The molecule has 0 fully saturated rings. The molecule has 4 rings (SSSR count). The first-order chi connectivity index (χ1) is 13.5. The molecule has 0 aliphatic rings. The number of hydrogen-bond acceptors (Lipinski definition) is 2. The highest BCUT2D eigenvalue weighted by molar-refractivity contribution is 6.31. The number of imidazole rings is 1. The van der Waals surface area contributed by atoms with E-state index in [2.05, 4.69) is 6.07 Å². The summed E-state index contributed by atoms with van der Waals surface area (Å²) < 4.78 is 22.4. The summed E-state index contributed by atoms with van der Waals surface area (Å²) >= 11 is 6.26. The monoisotopic (exact) mass is 394 g/mol. The van der Waals surface area contributed by atoms with Crippen molar-refractivity contribution in [1.29, 1.82) is 0 Å². The van der Waals surface area contributed by atoms with Crippen molar-refractivity contribution in [3.63, 3.8) is 0 Å². The van der Waals surface area contributed by atoms with Crippen molar-refractivity contribution < 1.29 is 9.13 Å². The number of aryl methyl sites for hydroxylation is 2. The number of benzene rings is 3. The Morgan fingerprint density at radius 3 is 2.68 bits per heavy atom. The summed E-state index contributed by atoms with van der Waals surface area (Å²) in [6, 6.07) is 18.6. The molecule has 1 aromatic heterocycles. The molecular weight excluding hydrogens is 375 g/mol. The van der Waals surface area contributed by atoms with Crippen molar-refractivity contribution in [3.05, 3.63) is 94.0 Å². The maximum Gasteiger partial charge on any atom is 0.148 e. The molecule has 1 heterocycles. The number of ether oxygens (including phenoxy) is 1. The predicted molar refractivity (Wildman–Crippen MR) is 110 cm³/mol. The summed E-state index contributed by atoms with van der Waals surface area (Å²) in [5.41, 5.74) is 4.40. The second-order valence-electron chi connectivity index (χ2n) is 6.86. The van der Waals surface area contributed by atoms with Gasteiger partial charge in [-0.3, -0.25) is 0 Å². The van der Waals surface area contributed by atoms with Crippen molar-refractivity contribution in [2.24, 2.45) is 0 Å². The van der Waals surface area contributed by atoms with Crippen molar-refractivity contribution in [1.82, 2.24) is 9.55 Å². The van der Waals surface area contributed by atoms with E-state index in [4.69, 9.17) is 21.3 Å². The number of para-hydroxylation sites is 2. The average Bonchev–Trinajstić information content (AvgIpc) is 3.03. The molecule has 5 heteroatoms. The summed E-state index contributed by atoms with van der Waals surface area (Å²) in [7, 11) is 0. The SMILES string of the molecule is Cc1ccc(C)c(OCc2nc3ccccc3n2Cc2c(F)cccc2Cl)c1. The first kappa shape index (κ1) is 18.5. The number of fused-ring (bicyclic) bond motifs is 1. The van der Waals surface area contributed by atoms with E-state index >= 15 is 0 Å². The smallest absolute Gasteiger partial charge is 0.148 e. The minimum atomic E-state index is -0.327. The molecule has 0 radical (unpaired) electrons. The number of hydrogen-bond donors (Lipinski definition) is 0. The third-order valence-electron chi connectivity index (χ3n) is 4.81. The van der Waals surface area contributed by atoms with Crippen molar-refractivity contribution in [2.75, 3.05) is 0 Å². The van der Waals surface area contributed by atoms with E-state index in [9.17, 15) is 4.39 Å². The highest BCUT2D eigenvalue weighted by Gasteiger charge is 2.15. The lowest BCUT2D eigenvalue weighted by Crippen LogP contribution is -2.10. The van der Waals surface area contributed by atoms with Crippen LogP contribution in [0.1, 0.15) is 22.5 Å². The van der Waals surface area contributed by atoms with Gasteiger partial charge < -0.3 is 9.30 Å². The molecule has 0 spiro atoms. The lowest BCUT2D eigenvalue weighted by atomic mass is 10.1. The molecule has 0 aliphatic carbocycles. The van der Waals surface area contributed by atoms with Crippen LogP contribution in [0, 0.1) is 19.7 Å². The van der Waals surface area contributed by atoms with Crippen LogP contribution in [-0.4, -0.2) is 9.55 Å². The zero-order valence-corrected chi connectivity index (χ0v) is 16.5. The third kappa shape index (κ3) is 3.60. The van der Waals surface area contributed by atoms with E-state index in [-0.39, 0.29) is 19.0 Å². The number of nitrogens with zero attached hydrogens (tertiary/aromatic N) is 2. The average molecular weight is 395 g/mol. The summed E-state index contributed by atoms with van der Waals surface area (Å²) in [6.07, 6.45) is 0. The Hall–Kier alpha value is -2.85. The molecule has 28 heavy (non-hydrogen) atoms. The normalized spacial score (nSPS) is 11.1. The van der Waals surface area contributed by atoms with Gasteiger partial charge in [0.1, 0.15) is 24.0 Å². The molecule has 0 unspecified atom stereocenters. The van der Waals surface area contributed by atoms with Gasteiger partial charge in [0.2, 0.25) is 0 Å². The fourth-order valence-corrected chi connectivity index (χ4v) is 3.48. The zero-order valence-electron chi connectivity index (χ0n) is 15.7.